The first-order valence-corrected chi connectivity index (χ1v) is 7.90. The molecule has 0 aromatic heterocycles. The summed E-state index contributed by atoms with van der Waals surface area (Å²) >= 11 is 0. The standard InChI is InChI=1S/C10H9NO7S2/c11-6-2-4-7(19(13,14)15)5-1-3-8(20(16,17)18)10(12)9(5)6/h1-4,12H,11H2,(H,13,14,15)(H,16,17,18). The third kappa shape index (κ3) is 2.29. The van der Waals surface area contributed by atoms with Gasteiger partial charge in [-0.3, -0.25) is 9.11 Å². The molecule has 0 atom stereocenters. The topological polar surface area (TPSA) is 155 Å². The molecule has 0 bridgehead atoms. The number of benzene rings is 2. The van der Waals surface area contributed by atoms with Crippen LogP contribution >= 0.6 is 0 Å². The van der Waals surface area contributed by atoms with Gasteiger partial charge in [0.25, 0.3) is 20.2 Å². The van der Waals surface area contributed by atoms with E-state index in [2.05, 4.69) is 0 Å². The van der Waals surface area contributed by atoms with E-state index < -0.39 is 35.8 Å². The van der Waals surface area contributed by atoms with Crippen molar-refractivity contribution in [1.82, 2.24) is 0 Å². The summed E-state index contributed by atoms with van der Waals surface area (Å²) in [6.07, 6.45) is 0. The van der Waals surface area contributed by atoms with Gasteiger partial charge in [-0.1, -0.05) is 6.07 Å². The molecule has 2 aromatic rings. The summed E-state index contributed by atoms with van der Waals surface area (Å²) in [6.45, 7) is 0. The minimum absolute atomic E-state index is 0.115. The maximum Gasteiger partial charge on any atom is 0.298 e. The van der Waals surface area contributed by atoms with Crippen LogP contribution in [0.25, 0.3) is 10.8 Å². The van der Waals surface area contributed by atoms with Gasteiger partial charge in [0.2, 0.25) is 0 Å². The van der Waals surface area contributed by atoms with Crippen molar-refractivity contribution in [3.63, 3.8) is 0 Å². The van der Waals surface area contributed by atoms with E-state index in [1.54, 1.807) is 0 Å². The molecule has 0 fully saturated rings. The molecule has 0 amide bonds. The van der Waals surface area contributed by atoms with E-state index in [1.807, 2.05) is 0 Å². The molecule has 2 aromatic carbocycles. The van der Waals surface area contributed by atoms with Crippen LogP contribution in [-0.2, 0) is 20.2 Å². The number of aromatic hydroxyl groups is 1. The first-order valence-electron chi connectivity index (χ1n) is 5.02. The molecule has 0 heterocycles. The summed E-state index contributed by atoms with van der Waals surface area (Å²) in [5.41, 5.74) is 5.45. The summed E-state index contributed by atoms with van der Waals surface area (Å²) in [7, 11) is -9.30. The third-order valence-corrected chi connectivity index (χ3v) is 4.46. The van der Waals surface area contributed by atoms with Gasteiger partial charge in [0.15, 0.2) is 0 Å². The molecule has 0 saturated carbocycles. The van der Waals surface area contributed by atoms with Crippen LogP contribution in [0.15, 0.2) is 34.1 Å². The fourth-order valence-electron chi connectivity index (χ4n) is 1.84. The molecule has 20 heavy (non-hydrogen) atoms. The molecule has 0 radical (unpaired) electrons. The van der Waals surface area contributed by atoms with E-state index in [1.165, 1.54) is 0 Å². The number of hydrogen-bond acceptors (Lipinski definition) is 6. The van der Waals surface area contributed by atoms with Gasteiger partial charge < -0.3 is 10.8 Å². The zero-order valence-corrected chi connectivity index (χ0v) is 11.3. The lowest BCUT2D eigenvalue weighted by atomic mass is 10.1. The van der Waals surface area contributed by atoms with Crippen LogP contribution in [0.1, 0.15) is 0 Å². The molecule has 0 aliphatic rings. The molecular weight excluding hydrogens is 310 g/mol. The minimum atomic E-state index is -4.71. The number of phenols is 1. The SMILES string of the molecule is Nc1ccc(S(=O)(=O)O)c2ccc(S(=O)(=O)O)c(O)c12. The van der Waals surface area contributed by atoms with Crippen molar-refractivity contribution in [1.29, 1.82) is 0 Å². The highest BCUT2D eigenvalue weighted by molar-refractivity contribution is 7.86. The predicted octanol–water partition coefficient (Wildman–Crippen LogP) is 0.621. The fourth-order valence-corrected chi connectivity index (χ4v) is 3.12. The van der Waals surface area contributed by atoms with E-state index in [0.717, 1.165) is 24.3 Å². The van der Waals surface area contributed by atoms with E-state index in [9.17, 15) is 21.9 Å². The Bertz CT molecular complexity index is 916. The molecule has 0 aliphatic heterocycles. The Morgan fingerprint density at radius 1 is 0.850 bits per heavy atom. The zero-order valence-electron chi connectivity index (χ0n) is 9.68. The highest BCUT2D eigenvalue weighted by Crippen LogP contribution is 2.38. The number of fused-ring (bicyclic) bond motifs is 1. The molecule has 2 rings (SSSR count). The largest absolute Gasteiger partial charge is 0.506 e. The Kier molecular flexibility index (Phi) is 3.13. The van der Waals surface area contributed by atoms with Crippen molar-refractivity contribution >= 4 is 36.7 Å². The maximum absolute atomic E-state index is 11.2. The fraction of sp³-hybridized carbons (Fsp3) is 0. The van der Waals surface area contributed by atoms with Crippen molar-refractivity contribution in [3.05, 3.63) is 24.3 Å². The van der Waals surface area contributed by atoms with Gasteiger partial charge in [0.05, 0.1) is 0 Å². The van der Waals surface area contributed by atoms with Gasteiger partial charge in [-0.2, -0.15) is 16.8 Å². The molecule has 8 nitrogen and oxygen atoms in total. The average Bonchev–Trinajstić information content (AvgIpc) is 2.25. The number of phenolic OH excluding ortho intramolecular Hbond substituents is 1. The van der Waals surface area contributed by atoms with Gasteiger partial charge in [0, 0.05) is 16.5 Å². The summed E-state index contributed by atoms with van der Waals surface area (Å²) < 4.78 is 62.6. The van der Waals surface area contributed by atoms with E-state index in [4.69, 9.17) is 14.8 Å². The van der Waals surface area contributed by atoms with Crippen LogP contribution in [0.2, 0.25) is 0 Å². The number of nitrogen functional groups attached to an aromatic ring is 1. The van der Waals surface area contributed by atoms with Gasteiger partial charge in [-0.25, -0.2) is 0 Å². The molecule has 108 valence electrons. The average molecular weight is 319 g/mol. The number of hydrogen-bond donors (Lipinski definition) is 4. The summed E-state index contributed by atoms with van der Waals surface area (Å²) in [5, 5.41) is 9.40. The van der Waals surface area contributed by atoms with Crippen molar-refractivity contribution in [2.45, 2.75) is 9.79 Å². The lowest BCUT2D eigenvalue weighted by Crippen LogP contribution is -2.03. The number of rotatable bonds is 2. The molecule has 10 heteroatoms. The molecule has 0 unspecified atom stereocenters. The highest BCUT2D eigenvalue weighted by atomic mass is 32.2. The van der Waals surface area contributed by atoms with Crippen molar-refractivity contribution < 1.29 is 31.0 Å². The molecular formula is C10H9NO7S2. The van der Waals surface area contributed by atoms with Gasteiger partial charge in [-0.15, -0.1) is 0 Å². The number of anilines is 1. The van der Waals surface area contributed by atoms with Gasteiger partial charge >= 0.3 is 0 Å². The lowest BCUT2D eigenvalue weighted by molar-refractivity contribution is 0.448. The Morgan fingerprint density at radius 3 is 1.85 bits per heavy atom. The Morgan fingerprint density at radius 2 is 1.35 bits per heavy atom. The quantitative estimate of drug-likeness (QED) is 0.463. The van der Waals surface area contributed by atoms with Gasteiger partial charge in [-0.05, 0) is 18.2 Å². The van der Waals surface area contributed by atoms with Crippen LogP contribution in [0, 0.1) is 0 Å². The second kappa shape index (κ2) is 4.31. The molecule has 0 saturated heterocycles. The normalized spacial score (nSPS) is 12.7. The van der Waals surface area contributed by atoms with Crippen LogP contribution in [0.5, 0.6) is 5.75 Å². The minimum Gasteiger partial charge on any atom is -0.506 e. The first-order chi connectivity index (χ1) is 9.03. The van der Waals surface area contributed by atoms with Gasteiger partial charge in [0.1, 0.15) is 15.5 Å². The van der Waals surface area contributed by atoms with Crippen molar-refractivity contribution in [2.75, 3.05) is 5.73 Å². The zero-order chi connectivity index (χ0) is 15.3. The van der Waals surface area contributed by atoms with E-state index in [0.29, 0.717) is 0 Å². The predicted molar refractivity (Wildman–Crippen MR) is 69.7 cm³/mol. The molecule has 0 aliphatic carbocycles. The summed E-state index contributed by atoms with van der Waals surface area (Å²) in [4.78, 5) is -1.36. The highest BCUT2D eigenvalue weighted by Gasteiger charge is 2.23. The van der Waals surface area contributed by atoms with E-state index in [-0.39, 0.29) is 16.5 Å². The summed E-state index contributed by atoms with van der Waals surface area (Å²) in [5.74, 6) is -0.895. The Labute approximate surface area is 114 Å². The second-order valence-corrected chi connectivity index (χ2v) is 6.72. The summed E-state index contributed by atoms with van der Waals surface area (Å²) in [6, 6.07) is 3.91. The maximum atomic E-state index is 11.2. The molecule has 0 spiro atoms. The van der Waals surface area contributed by atoms with Crippen LogP contribution in [-0.4, -0.2) is 31.0 Å². The number of nitrogens with two attached hydrogens (primary N) is 1. The Hall–Kier alpha value is -1.88. The second-order valence-electron chi connectivity index (χ2n) is 3.94. The smallest absolute Gasteiger partial charge is 0.298 e. The molecule has 5 N–H and O–H groups in total. The monoisotopic (exact) mass is 319 g/mol. The van der Waals surface area contributed by atoms with Crippen LogP contribution in [0.3, 0.4) is 0 Å². The first kappa shape index (κ1) is 14.5. The lowest BCUT2D eigenvalue weighted by Gasteiger charge is -2.10. The third-order valence-electron chi connectivity index (χ3n) is 2.67. The van der Waals surface area contributed by atoms with Crippen LogP contribution in [0.4, 0.5) is 5.69 Å². The van der Waals surface area contributed by atoms with Crippen molar-refractivity contribution in [2.24, 2.45) is 0 Å². The van der Waals surface area contributed by atoms with E-state index >= 15 is 0 Å². The van der Waals surface area contributed by atoms with Crippen LogP contribution < -0.4 is 5.73 Å². The Balaban J connectivity index is 3.05. The van der Waals surface area contributed by atoms with Crippen molar-refractivity contribution in [3.8, 4) is 5.75 Å².